The quantitative estimate of drug-likeness (QED) is 0.389. The Morgan fingerprint density at radius 1 is 1.50 bits per heavy atom. The van der Waals surface area contributed by atoms with Crippen molar-refractivity contribution < 1.29 is 4.79 Å². The summed E-state index contributed by atoms with van der Waals surface area (Å²) in [6.45, 7) is 0. The maximum absolute atomic E-state index is 10.6. The lowest BCUT2D eigenvalue weighted by Crippen LogP contribution is -2.68. The van der Waals surface area contributed by atoms with E-state index < -0.39 is 11.7 Å². The summed E-state index contributed by atoms with van der Waals surface area (Å²) < 4.78 is 0. The number of nitrogens with one attached hydrogen (secondary N) is 1. The number of carbonyl (C=O) groups is 1. The third-order valence-corrected chi connectivity index (χ3v) is 2.37. The smallest absolute Gasteiger partial charge is 0.313 e. The van der Waals surface area contributed by atoms with Crippen molar-refractivity contribution in [1.29, 1.82) is 0 Å². The Labute approximate surface area is 71.7 Å². The van der Waals surface area contributed by atoms with Gasteiger partial charge in [0.25, 0.3) is 0 Å². The minimum absolute atomic E-state index is 0.182. The van der Waals surface area contributed by atoms with Crippen LogP contribution in [0.25, 0.3) is 0 Å². The summed E-state index contributed by atoms with van der Waals surface area (Å²) in [7, 11) is 0. The van der Waals surface area contributed by atoms with Gasteiger partial charge in [0.1, 0.15) is 5.66 Å². The molecular weight excluding hydrogens is 156 g/mol. The summed E-state index contributed by atoms with van der Waals surface area (Å²) in [5.74, 6) is 0. The van der Waals surface area contributed by atoms with Crippen LogP contribution in [0.4, 0.5) is 4.79 Å². The predicted octanol–water partition coefficient (Wildman–Crippen LogP) is -0.789. The molecule has 12 heavy (non-hydrogen) atoms. The molecule has 2 atom stereocenters. The summed E-state index contributed by atoms with van der Waals surface area (Å²) in [6, 6.07) is -0.784. The Hall–Kier alpha value is -0.810. The van der Waals surface area contributed by atoms with Crippen LogP contribution < -0.4 is 22.5 Å². The first-order chi connectivity index (χ1) is 5.54. The van der Waals surface area contributed by atoms with Crippen LogP contribution in [-0.4, -0.2) is 17.7 Å². The number of hydrogen-bond acceptors (Lipinski definition) is 3. The zero-order chi connectivity index (χ0) is 9.19. The second-order valence-electron chi connectivity index (χ2n) is 3.38. The molecule has 1 aliphatic carbocycles. The molecule has 1 rings (SSSR count). The van der Waals surface area contributed by atoms with Crippen LogP contribution in [0.1, 0.15) is 25.7 Å². The van der Waals surface area contributed by atoms with E-state index in [1.165, 1.54) is 0 Å². The highest BCUT2D eigenvalue weighted by Gasteiger charge is 2.35. The Bertz CT molecular complexity index is 184. The van der Waals surface area contributed by atoms with Gasteiger partial charge in [-0.05, 0) is 19.3 Å². The van der Waals surface area contributed by atoms with Crippen LogP contribution in [0.2, 0.25) is 0 Å². The van der Waals surface area contributed by atoms with Gasteiger partial charge in [-0.2, -0.15) is 0 Å². The van der Waals surface area contributed by atoms with E-state index in [2.05, 4.69) is 5.32 Å². The first-order valence-corrected chi connectivity index (χ1v) is 4.17. The second kappa shape index (κ2) is 3.28. The zero-order valence-corrected chi connectivity index (χ0v) is 7.05. The van der Waals surface area contributed by atoms with Gasteiger partial charge in [-0.25, -0.2) is 4.79 Å². The van der Waals surface area contributed by atoms with Gasteiger partial charge in [-0.1, -0.05) is 6.42 Å². The van der Waals surface area contributed by atoms with E-state index in [4.69, 9.17) is 17.2 Å². The summed E-state index contributed by atoms with van der Waals surface area (Å²) in [5, 5.41) is 2.50. The Morgan fingerprint density at radius 3 is 2.67 bits per heavy atom. The van der Waals surface area contributed by atoms with E-state index in [1.54, 1.807) is 0 Å². The molecule has 0 radical (unpaired) electrons. The molecular formula is C7H16N4O. The average Bonchev–Trinajstić information content (AvgIpc) is 1.94. The molecule has 0 aliphatic heterocycles. The van der Waals surface area contributed by atoms with Gasteiger partial charge in [0.2, 0.25) is 0 Å². The van der Waals surface area contributed by atoms with Crippen molar-refractivity contribution in [2.75, 3.05) is 0 Å². The van der Waals surface area contributed by atoms with Crippen molar-refractivity contribution in [3.05, 3.63) is 0 Å². The first-order valence-electron chi connectivity index (χ1n) is 4.17. The summed E-state index contributed by atoms with van der Waals surface area (Å²) in [6.07, 6.45) is 3.61. The molecule has 0 bridgehead atoms. The molecule has 1 fully saturated rings. The monoisotopic (exact) mass is 172 g/mol. The molecule has 0 aromatic heterocycles. The number of carbonyl (C=O) groups excluding carboxylic acids is 1. The fourth-order valence-corrected chi connectivity index (χ4v) is 1.61. The maximum atomic E-state index is 10.6. The highest BCUT2D eigenvalue weighted by Crippen LogP contribution is 2.22. The highest BCUT2D eigenvalue weighted by atomic mass is 16.2. The van der Waals surface area contributed by atoms with Crippen LogP contribution in [0.5, 0.6) is 0 Å². The van der Waals surface area contributed by atoms with E-state index in [9.17, 15) is 4.79 Å². The van der Waals surface area contributed by atoms with Crippen LogP contribution in [0.3, 0.4) is 0 Å². The van der Waals surface area contributed by atoms with E-state index >= 15 is 0 Å². The van der Waals surface area contributed by atoms with Gasteiger partial charge in [0, 0.05) is 6.04 Å². The normalized spacial score (nSPS) is 36.0. The highest BCUT2D eigenvalue weighted by molar-refractivity contribution is 5.72. The second-order valence-corrected chi connectivity index (χ2v) is 3.38. The first kappa shape index (κ1) is 9.28. The van der Waals surface area contributed by atoms with Crippen LogP contribution in [0.15, 0.2) is 0 Å². The zero-order valence-electron chi connectivity index (χ0n) is 7.05. The van der Waals surface area contributed by atoms with E-state index in [-0.39, 0.29) is 6.04 Å². The van der Waals surface area contributed by atoms with E-state index in [0.717, 1.165) is 19.3 Å². The van der Waals surface area contributed by atoms with Gasteiger partial charge in [0.15, 0.2) is 0 Å². The molecule has 0 saturated heterocycles. The van der Waals surface area contributed by atoms with Crippen molar-refractivity contribution >= 4 is 6.03 Å². The number of hydrogen-bond donors (Lipinski definition) is 4. The molecule has 0 spiro atoms. The van der Waals surface area contributed by atoms with Crippen molar-refractivity contribution in [2.24, 2.45) is 17.2 Å². The van der Waals surface area contributed by atoms with Crippen molar-refractivity contribution in [3.63, 3.8) is 0 Å². The molecule has 7 N–H and O–H groups in total. The minimum Gasteiger partial charge on any atom is -0.352 e. The van der Waals surface area contributed by atoms with Crippen molar-refractivity contribution in [1.82, 2.24) is 5.32 Å². The van der Waals surface area contributed by atoms with Crippen LogP contribution >= 0.6 is 0 Å². The molecule has 0 aromatic carbocycles. The summed E-state index contributed by atoms with van der Waals surface area (Å²) in [5.41, 5.74) is 15.8. The molecule has 0 aromatic rings. The van der Waals surface area contributed by atoms with Gasteiger partial charge in [0.05, 0.1) is 0 Å². The van der Waals surface area contributed by atoms with Crippen LogP contribution in [0, 0.1) is 0 Å². The molecule has 1 saturated carbocycles. The molecule has 5 heteroatoms. The lowest BCUT2D eigenvalue weighted by molar-refractivity contribution is 0.194. The topological polar surface area (TPSA) is 107 Å². The van der Waals surface area contributed by atoms with Gasteiger partial charge in [-0.15, -0.1) is 0 Å². The number of amides is 2. The van der Waals surface area contributed by atoms with Gasteiger partial charge < -0.3 is 22.5 Å². The van der Waals surface area contributed by atoms with Crippen molar-refractivity contribution in [3.8, 4) is 0 Å². The summed E-state index contributed by atoms with van der Waals surface area (Å²) >= 11 is 0. The Kier molecular flexibility index (Phi) is 2.54. The van der Waals surface area contributed by atoms with Crippen LogP contribution in [-0.2, 0) is 0 Å². The molecule has 70 valence electrons. The summed E-state index contributed by atoms with van der Waals surface area (Å²) in [4.78, 5) is 10.6. The third-order valence-electron chi connectivity index (χ3n) is 2.37. The fraction of sp³-hybridized carbons (Fsp3) is 0.857. The molecule has 0 heterocycles. The Morgan fingerprint density at radius 2 is 2.17 bits per heavy atom. The number of primary amides is 1. The lowest BCUT2D eigenvalue weighted by atomic mass is 9.85. The minimum atomic E-state index is -0.788. The van der Waals surface area contributed by atoms with Gasteiger partial charge in [-0.3, -0.25) is 0 Å². The van der Waals surface area contributed by atoms with Gasteiger partial charge >= 0.3 is 6.03 Å². The Balaban J connectivity index is 2.59. The number of urea groups is 1. The largest absolute Gasteiger partial charge is 0.352 e. The number of rotatable bonds is 1. The van der Waals surface area contributed by atoms with Crippen molar-refractivity contribution in [2.45, 2.75) is 37.4 Å². The lowest BCUT2D eigenvalue weighted by Gasteiger charge is -2.39. The molecule has 1 aliphatic rings. The molecule has 2 amide bonds. The fourth-order valence-electron chi connectivity index (χ4n) is 1.61. The predicted molar refractivity (Wildman–Crippen MR) is 46.1 cm³/mol. The van der Waals surface area contributed by atoms with E-state index in [1.807, 2.05) is 0 Å². The number of nitrogens with two attached hydrogens (primary N) is 3. The molecule has 5 nitrogen and oxygen atoms in total. The average molecular weight is 172 g/mol. The molecule has 2 unspecified atom stereocenters. The standard InChI is InChI=1S/C7H16N4O/c8-5-3-1-2-4-7(5,10)11-6(9)12/h5H,1-4,8,10H2,(H3,9,11,12). The third kappa shape index (κ3) is 1.86. The SMILES string of the molecule is NC(=O)NC1(N)CCCCC1N. The maximum Gasteiger partial charge on any atom is 0.313 e. The van der Waals surface area contributed by atoms with E-state index in [0.29, 0.717) is 6.42 Å².